The van der Waals surface area contributed by atoms with Crippen LogP contribution in [-0.4, -0.2) is 15.6 Å². The molecule has 0 N–H and O–H groups in total. The van der Waals surface area contributed by atoms with Crippen molar-refractivity contribution < 1.29 is 4.79 Å². The molecule has 1 saturated carbocycles. The van der Waals surface area contributed by atoms with Gasteiger partial charge in [0.05, 0.1) is 16.4 Å². The van der Waals surface area contributed by atoms with Crippen LogP contribution in [0.15, 0.2) is 10.7 Å². The first-order chi connectivity index (χ1) is 7.52. The van der Waals surface area contributed by atoms with Gasteiger partial charge in [0.1, 0.15) is 5.78 Å². The topological polar surface area (TPSA) is 34.9 Å². The Balaban J connectivity index is 2.40. The van der Waals surface area contributed by atoms with Crippen LogP contribution in [0.1, 0.15) is 51.3 Å². The minimum Gasteiger partial charge on any atom is -0.299 e. The minimum atomic E-state index is 0.130. The van der Waals surface area contributed by atoms with Crippen LogP contribution >= 0.6 is 15.9 Å². The molecule has 4 heteroatoms. The molecular weight excluding hydrogens is 268 g/mol. The average molecular weight is 285 g/mol. The third-order valence-electron chi connectivity index (χ3n) is 3.44. The molecule has 0 amide bonds. The molecule has 1 aliphatic rings. The number of rotatable bonds is 2. The highest BCUT2D eigenvalue weighted by molar-refractivity contribution is 9.10. The summed E-state index contributed by atoms with van der Waals surface area (Å²) >= 11 is 3.55. The lowest BCUT2D eigenvalue weighted by Gasteiger charge is -2.19. The molecule has 3 nitrogen and oxygen atoms in total. The summed E-state index contributed by atoms with van der Waals surface area (Å²) in [6, 6.07) is 0.337. The van der Waals surface area contributed by atoms with Crippen molar-refractivity contribution in [3.05, 3.63) is 16.4 Å². The summed E-state index contributed by atoms with van der Waals surface area (Å²) in [4.78, 5) is 11.6. The smallest absolute Gasteiger partial charge is 0.136 e. The predicted molar refractivity (Wildman–Crippen MR) is 66.5 cm³/mol. The van der Waals surface area contributed by atoms with E-state index in [0.717, 1.165) is 10.9 Å². The number of ketones is 1. The molecule has 2 unspecified atom stereocenters. The van der Waals surface area contributed by atoms with Crippen molar-refractivity contribution in [2.75, 3.05) is 0 Å². The zero-order valence-corrected chi connectivity index (χ0v) is 11.5. The van der Waals surface area contributed by atoms with E-state index in [-0.39, 0.29) is 5.92 Å². The Morgan fingerprint density at radius 3 is 2.75 bits per heavy atom. The van der Waals surface area contributed by atoms with Crippen molar-refractivity contribution in [3.63, 3.8) is 0 Å². The Labute approximate surface area is 104 Å². The molecule has 0 saturated heterocycles. The average Bonchev–Trinajstić information content (AvgIpc) is 2.73. The fourth-order valence-corrected chi connectivity index (χ4v) is 3.05. The van der Waals surface area contributed by atoms with Crippen molar-refractivity contribution in [2.45, 2.75) is 45.6 Å². The van der Waals surface area contributed by atoms with Crippen LogP contribution in [0.3, 0.4) is 0 Å². The highest BCUT2D eigenvalue weighted by atomic mass is 79.9. The second-order valence-electron chi connectivity index (χ2n) is 4.82. The Morgan fingerprint density at radius 2 is 2.25 bits per heavy atom. The monoisotopic (exact) mass is 284 g/mol. The van der Waals surface area contributed by atoms with Gasteiger partial charge in [-0.3, -0.25) is 9.48 Å². The van der Waals surface area contributed by atoms with E-state index in [4.69, 9.17) is 0 Å². The van der Waals surface area contributed by atoms with E-state index in [2.05, 4.69) is 34.9 Å². The number of carbonyl (C=O) groups is 1. The predicted octanol–water partition coefficient (Wildman–Crippen LogP) is 3.31. The first-order valence-electron chi connectivity index (χ1n) is 5.78. The van der Waals surface area contributed by atoms with Crippen LogP contribution in [0.5, 0.6) is 0 Å². The molecule has 1 heterocycles. The first-order valence-corrected chi connectivity index (χ1v) is 6.57. The molecule has 88 valence electrons. The summed E-state index contributed by atoms with van der Waals surface area (Å²) in [7, 11) is 0. The quantitative estimate of drug-likeness (QED) is 0.835. The van der Waals surface area contributed by atoms with Gasteiger partial charge in [-0.2, -0.15) is 5.10 Å². The lowest BCUT2D eigenvalue weighted by molar-refractivity contribution is -0.120. The molecule has 1 aliphatic carbocycles. The number of halogens is 1. The SMILES string of the molecule is CC1C(=O)CCC1c1c(Br)cnn1C(C)C. The van der Waals surface area contributed by atoms with E-state index < -0.39 is 0 Å². The number of hydrogen-bond acceptors (Lipinski definition) is 2. The van der Waals surface area contributed by atoms with E-state index in [1.165, 1.54) is 5.69 Å². The summed E-state index contributed by atoms with van der Waals surface area (Å²) < 4.78 is 3.07. The largest absolute Gasteiger partial charge is 0.299 e. The number of hydrogen-bond donors (Lipinski definition) is 0. The van der Waals surface area contributed by atoms with Gasteiger partial charge in [-0.1, -0.05) is 6.92 Å². The zero-order valence-electron chi connectivity index (χ0n) is 9.90. The van der Waals surface area contributed by atoms with Gasteiger partial charge in [-0.05, 0) is 36.2 Å². The molecule has 0 spiro atoms. The molecule has 1 aromatic heterocycles. The maximum atomic E-state index is 11.6. The molecule has 0 aliphatic heterocycles. The Bertz CT molecular complexity index is 411. The van der Waals surface area contributed by atoms with Crippen LogP contribution in [0.4, 0.5) is 0 Å². The van der Waals surface area contributed by atoms with E-state index in [0.29, 0.717) is 24.2 Å². The van der Waals surface area contributed by atoms with Crippen molar-refractivity contribution in [3.8, 4) is 0 Å². The molecule has 2 rings (SSSR count). The minimum absolute atomic E-state index is 0.130. The molecule has 16 heavy (non-hydrogen) atoms. The first kappa shape index (κ1) is 11.8. The highest BCUT2D eigenvalue weighted by Gasteiger charge is 2.35. The van der Waals surface area contributed by atoms with Gasteiger partial charge in [-0.15, -0.1) is 0 Å². The van der Waals surface area contributed by atoms with E-state index >= 15 is 0 Å². The normalized spacial score (nSPS) is 25.7. The number of Topliss-reactive ketones (excluding diaryl/α,β-unsaturated/α-hetero) is 1. The van der Waals surface area contributed by atoms with Crippen LogP contribution < -0.4 is 0 Å². The molecule has 0 bridgehead atoms. The number of carbonyl (C=O) groups excluding carboxylic acids is 1. The third-order valence-corrected chi connectivity index (χ3v) is 4.05. The van der Waals surface area contributed by atoms with Crippen LogP contribution in [-0.2, 0) is 4.79 Å². The second-order valence-corrected chi connectivity index (χ2v) is 5.67. The maximum Gasteiger partial charge on any atom is 0.136 e. The van der Waals surface area contributed by atoms with Gasteiger partial charge in [0.25, 0.3) is 0 Å². The van der Waals surface area contributed by atoms with E-state index in [1.54, 1.807) is 0 Å². The zero-order chi connectivity index (χ0) is 11.9. The second kappa shape index (κ2) is 4.32. The van der Waals surface area contributed by atoms with Crippen LogP contribution in [0.25, 0.3) is 0 Å². The van der Waals surface area contributed by atoms with Gasteiger partial charge in [0.2, 0.25) is 0 Å². The molecule has 1 aromatic rings. The van der Waals surface area contributed by atoms with Gasteiger partial charge in [-0.25, -0.2) is 0 Å². The Morgan fingerprint density at radius 1 is 1.56 bits per heavy atom. The standard InChI is InChI=1S/C12H17BrN2O/c1-7(2)15-12(10(13)6-14-15)9-4-5-11(16)8(9)3/h6-9H,4-5H2,1-3H3. The van der Waals surface area contributed by atoms with Crippen LogP contribution in [0, 0.1) is 5.92 Å². The van der Waals surface area contributed by atoms with Crippen molar-refractivity contribution >= 4 is 21.7 Å². The molecule has 1 fully saturated rings. The van der Waals surface area contributed by atoms with E-state index in [1.807, 2.05) is 17.8 Å². The van der Waals surface area contributed by atoms with Crippen molar-refractivity contribution in [1.82, 2.24) is 9.78 Å². The van der Waals surface area contributed by atoms with Gasteiger partial charge < -0.3 is 0 Å². The van der Waals surface area contributed by atoms with Gasteiger partial charge in [0, 0.05) is 24.3 Å². The fraction of sp³-hybridized carbons (Fsp3) is 0.667. The van der Waals surface area contributed by atoms with Gasteiger partial charge in [0.15, 0.2) is 0 Å². The summed E-state index contributed by atoms with van der Waals surface area (Å²) in [5, 5.41) is 4.38. The van der Waals surface area contributed by atoms with Crippen molar-refractivity contribution in [2.24, 2.45) is 5.92 Å². The maximum absolute atomic E-state index is 11.6. The Hall–Kier alpha value is -0.640. The molecule has 2 atom stereocenters. The summed E-state index contributed by atoms with van der Waals surface area (Å²) in [5.41, 5.74) is 1.19. The lowest BCUT2D eigenvalue weighted by atomic mass is 9.94. The summed E-state index contributed by atoms with van der Waals surface area (Å²) in [6.45, 7) is 6.26. The summed E-state index contributed by atoms with van der Waals surface area (Å²) in [6.07, 6.45) is 3.50. The number of aromatic nitrogens is 2. The molecular formula is C12H17BrN2O. The summed E-state index contributed by atoms with van der Waals surface area (Å²) in [5.74, 6) is 0.839. The Kier molecular flexibility index (Phi) is 3.19. The number of nitrogens with zero attached hydrogens (tertiary/aromatic N) is 2. The van der Waals surface area contributed by atoms with E-state index in [9.17, 15) is 4.79 Å². The van der Waals surface area contributed by atoms with Gasteiger partial charge >= 0.3 is 0 Å². The fourth-order valence-electron chi connectivity index (χ4n) is 2.48. The highest BCUT2D eigenvalue weighted by Crippen LogP contribution is 2.40. The van der Waals surface area contributed by atoms with Crippen molar-refractivity contribution in [1.29, 1.82) is 0 Å². The lowest BCUT2D eigenvalue weighted by Crippen LogP contribution is -2.16. The van der Waals surface area contributed by atoms with Crippen LogP contribution in [0.2, 0.25) is 0 Å². The molecule has 0 radical (unpaired) electrons. The third kappa shape index (κ3) is 1.83. The molecule has 0 aromatic carbocycles.